The summed E-state index contributed by atoms with van der Waals surface area (Å²) in [5, 5.41) is 0. The number of rotatable bonds is 7. The van der Waals surface area contributed by atoms with Crippen LogP contribution in [0.2, 0.25) is 0 Å². The Morgan fingerprint density at radius 3 is 2.04 bits per heavy atom. The van der Waals surface area contributed by atoms with Gasteiger partial charge in [0, 0.05) is 11.1 Å². The molecule has 0 spiro atoms. The SMILES string of the molecule is COc1ccc(C(=O)c2ncc(-c3cc(OC)c(OC)c(OC)c3)[nH]2)cc1. The van der Waals surface area contributed by atoms with Crippen molar-refractivity contribution >= 4 is 5.78 Å². The normalized spacial score (nSPS) is 10.4. The standard InChI is InChI=1S/C20H20N2O5/c1-24-14-7-5-12(6-8-14)18(23)20-21-11-15(22-20)13-9-16(25-2)19(27-4)17(10-13)26-3/h5-11H,1-4H3,(H,21,22). The number of hydrogen-bond acceptors (Lipinski definition) is 6. The maximum atomic E-state index is 12.6. The minimum atomic E-state index is -0.212. The van der Waals surface area contributed by atoms with E-state index in [0.717, 1.165) is 5.56 Å². The summed E-state index contributed by atoms with van der Waals surface area (Å²) >= 11 is 0. The molecule has 7 heteroatoms. The summed E-state index contributed by atoms with van der Waals surface area (Å²) in [6.45, 7) is 0. The van der Waals surface area contributed by atoms with Crippen molar-refractivity contribution in [2.24, 2.45) is 0 Å². The quantitative estimate of drug-likeness (QED) is 0.644. The lowest BCUT2D eigenvalue weighted by Crippen LogP contribution is -2.03. The molecular weight excluding hydrogens is 348 g/mol. The molecule has 0 saturated heterocycles. The lowest BCUT2D eigenvalue weighted by atomic mass is 10.1. The molecule has 7 nitrogen and oxygen atoms in total. The van der Waals surface area contributed by atoms with E-state index in [0.29, 0.717) is 34.3 Å². The van der Waals surface area contributed by atoms with E-state index in [1.807, 2.05) is 0 Å². The van der Waals surface area contributed by atoms with Crippen LogP contribution in [0.5, 0.6) is 23.0 Å². The van der Waals surface area contributed by atoms with E-state index in [9.17, 15) is 4.79 Å². The lowest BCUT2D eigenvalue weighted by molar-refractivity contribution is 0.103. The van der Waals surface area contributed by atoms with Gasteiger partial charge in [-0.2, -0.15) is 0 Å². The van der Waals surface area contributed by atoms with E-state index in [1.165, 1.54) is 0 Å². The van der Waals surface area contributed by atoms with Crippen molar-refractivity contribution in [3.8, 4) is 34.3 Å². The van der Waals surface area contributed by atoms with E-state index >= 15 is 0 Å². The molecule has 0 bridgehead atoms. The number of benzene rings is 2. The van der Waals surface area contributed by atoms with Crippen LogP contribution in [-0.4, -0.2) is 44.2 Å². The van der Waals surface area contributed by atoms with Crippen LogP contribution in [0.4, 0.5) is 0 Å². The second-order valence-electron chi connectivity index (χ2n) is 5.62. The van der Waals surface area contributed by atoms with Crippen LogP contribution < -0.4 is 18.9 Å². The van der Waals surface area contributed by atoms with Gasteiger partial charge in [0.2, 0.25) is 11.5 Å². The Kier molecular flexibility index (Phi) is 5.30. The Labute approximate surface area is 156 Å². The minimum absolute atomic E-state index is 0.212. The van der Waals surface area contributed by atoms with E-state index in [2.05, 4.69) is 9.97 Å². The number of carbonyl (C=O) groups is 1. The van der Waals surface area contributed by atoms with Gasteiger partial charge in [0.25, 0.3) is 0 Å². The first kappa shape index (κ1) is 18.3. The zero-order chi connectivity index (χ0) is 19.4. The fraction of sp³-hybridized carbons (Fsp3) is 0.200. The highest BCUT2D eigenvalue weighted by atomic mass is 16.5. The number of ketones is 1. The second kappa shape index (κ2) is 7.82. The molecule has 3 rings (SSSR count). The van der Waals surface area contributed by atoms with Crippen molar-refractivity contribution in [3.63, 3.8) is 0 Å². The van der Waals surface area contributed by atoms with E-state index in [-0.39, 0.29) is 11.6 Å². The summed E-state index contributed by atoms with van der Waals surface area (Å²) in [6, 6.07) is 10.4. The third-order valence-corrected chi connectivity index (χ3v) is 4.12. The third kappa shape index (κ3) is 3.57. The van der Waals surface area contributed by atoms with Gasteiger partial charge in [-0.05, 0) is 36.4 Å². The van der Waals surface area contributed by atoms with Gasteiger partial charge in [-0.1, -0.05) is 0 Å². The van der Waals surface area contributed by atoms with Gasteiger partial charge < -0.3 is 23.9 Å². The first-order chi connectivity index (χ1) is 13.1. The predicted octanol–water partition coefficient (Wildman–Crippen LogP) is 3.34. The molecule has 1 N–H and O–H groups in total. The van der Waals surface area contributed by atoms with Crippen molar-refractivity contribution < 1.29 is 23.7 Å². The van der Waals surface area contributed by atoms with E-state index in [4.69, 9.17) is 18.9 Å². The van der Waals surface area contributed by atoms with Gasteiger partial charge in [-0.3, -0.25) is 4.79 Å². The number of nitrogens with zero attached hydrogens (tertiary/aromatic N) is 1. The molecule has 0 aliphatic carbocycles. The molecule has 0 aliphatic heterocycles. The fourth-order valence-electron chi connectivity index (χ4n) is 2.70. The van der Waals surface area contributed by atoms with Gasteiger partial charge in [0.15, 0.2) is 17.3 Å². The van der Waals surface area contributed by atoms with Gasteiger partial charge in [-0.15, -0.1) is 0 Å². The molecule has 0 unspecified atom stereocenters. The zero-order valence-electron chi connectivity index (χ0n) is 15.5. The Bertz CT molecular complexity index is 922. The number of methoxy groups -OCH3 is 4. The summed E-state index contributed by atoms with van der Waals surface area (Å²) in [6.07, 6.45) is 1.59. The summed E-state index contributed by atoms with van der Waals surface area (Å²) in [7, 11) is 6.22. The molecule has 1 heterocycles. The number of aromatic nitrogens is 2. The van der Waals surface area contributed by atoms with Crippen LogP contribution in [0.25, 0.3) is 11.3 Å². The van der Waals surface area contributed by atoms with Gasteiger partial charge >= 0.3 is 0 Å². The Balaban J connectivity index is 1.94. The second-order valence-corrected chi connectivity index (χ2v) is 5.62. The number of aromatic amines is 1. The molecule has 0 aliphatic rings. The number of ether oxygens (including phenoxy) is 4. The van der Waals surface area contributed by atoms with Crippen molar-refractivity contribution in [2.45, 2.75) is 0 Å². The topological polar surface area (TPSA) is 82.7 Å². The molecule has 0 atom stereocenters. The third-order valence-electron chi connectivity index (χ3n) is 4.12. The summed E-state index contributed by atoms with van der Waals surface area (Å²) in [4.78, 5) is 19.9. The highest BCUT2D eigenvalue weighted by Gasteiger charge is 2.17. The molecule has 27 heavy (non-hydrogen) atoms. The molecule has 1 aromatic heterocycles. The van der Waals surface area contributed by atoms with E-state index < -0.39 is 0 Å². The number of nitrogens with one attached hydrogen (secondary N) is 1. The maximum absolute atomic E-state index is 12.6. The van der Waals surface area contributed by atoms with Crippen LogP contribution in [-0.2, 0) is 0 Å². The first-order valence-corrected chi connectivity index (χ1v) is 8.15. The smallest absolute Gasteiger partial charge is 0.228 e. The summed E-state index contributed by atoms with van der Waals surface area (Å²) < 4.78 is 21.2. The molecule has 0 amide bonds. The molecule has 0 fully saturated rings. The molecule has 0 saturated carbocycles. The lowest BCUT2D eigenvalue weighted by Gasteiger charge is -2.13. The molecule has 140 valence electrons. The van der Waals surface area contributed by atoms with Gasteiger partial charge in [0.1, 0.15) is 5.75 Å². The Morgan fingerprint density at radius 1 is 0.889 bits per heavy atom. The monoisotopic (exact) mass is 368 g/mol. The average Bonchev–Trinajstić information content (AvgIpc) is 3.22. The van der Waals surface area contributed by atoms with E-state index in [1.54, 1.807) is 71.0 Å². The van der Waals surface area contributed by atoms with Crippen molar-refractivity contribution in [2.75, 3.05) is 28.4 Å². The zero-order valence-corrected chi connectivity index (χ0v) is 15.5. The minimum Gasteiger partial charge on any atom is -0.497 e. The fourth-order valence-corrected chi connectivity index (χ4v) is 2.70. The molecular formula is C20H20N2O5. The molecule has 3 aromatic rings. The predicted molar refractivity (Wildman–Crippen MR) is 100 cm³/mol. The molecule has 2 aromatic carbocycles. The number of imidazole rings is 1. The average molecular weight is 368 g/mol. The maximum Gasteiger partial charge on any atom is 0.228 e. The number of carbonyl (C=O) groups excluding carboxylic acids is 1. The summed E-state index contributed by atoms with van der Waals surface area (Å²) in [5.74, 6) is 2.25. The van der Waals surface area contributed by atoms with Crippen molar-refractivity contribution in [1.82, 2.24) is 9.97 Å². The summed E-state index contributed by atoms with van der Waals surface area (Å²) in [5.41, 5.74) is 1.93. The Hall–Kier alpha value is -3.48. The highest BCUT2D eigenvalue weighted by Crippen LogP contribution is 2.40. The number of H-pyrrole nitrogens is 1. The van der Waals surface area contributed by atoms with Crippen LogP contribution in [0.3, 0.4) is 0 Å². The van der Waals surface area contributed by atoms with Crippen molar-refractivity contribution in [3.05, 3.63) is 54.0 Å². The van der Waals surface area contributed by atoms with Crippen LogP contribution in [0, 0.1) is 0 Å². The van der Waals surface area contributed by atoms with Crippen LogP contribution in [0.15, 0.2) is 42.6 Å². The van der Waals surface area contributed by atoms with Gasteiger partial charge in [0.05, 0.1) is 40.3 Å². The van der Waals surface area contributed by atoms with Crippen LogP contribution in [0.1, 0.15) is 16.2 Å². The number of hydrogen-bond donors (Lipinski definition) is 1. The first-order valence-electron chi connectivity index (χ1n) is 8.15. The van der Waals surface area contributed by atoms with Crippen LogP contribution >= 0.6 is 0 Å². The van der Waals surface area contributed by atoms with Crippen molar-refractivity contribution in [1.29, 1.82) is 0 Å². The molecule has 0 radical (unpaired) electrons. The highest BCUT2D eigenvalue weighted by molar-refractivity contribution is 6.06. The largest absolute Gasteiger partial charge is 0.497 e. The van der Waals surface area contributed by atoms with Gasteiger partial charge in [-0.25, -0.2) is 4.98 Å². The Morgan fingerprint density at radius 2 is 1.52 bits per heavy atom.